The number of rotatable bonds is 23. The van der Waals surface area contributed by atoms with Crippen molar-refractivity contribution in [3.05, 3.63) is 0 Å². The minimum Gasteiger partial charge on any atom is -0.381 e. The summed E-state index contributed by atoms with van der Waals surface area (Å²) in [4.78, 5) is 12.7. The second-order valence-corrected chi connectivity index (χ2v) is 15.6. The lowest BCUT2D eigenvalue weighted by molar-refractivity contribution is -0.146. The molecule has 0 aromatic carbocycles. The van der Waals surface area contributed by atoms with Gasteiger partial charge in [-0.2, -0.15) is 0 Å². The Kier molecular flexibility index (Phi) is 16.9. The molecule has 1 rings (SSSR count). The van der Waals surface area contributed by atoms with E-state index in [0.717, 1.165) is 38.5 Å². The Morgan fingerprint density at radius 1 is 1.00 bits per heavy atom. The molecule has 0 radical (unpaired) electrons. The first-order valence-corrected chi connectivity index (χ1v) is 16.9. The van der Waals surface area contributed by atoms with E-state index in [2.05, 4.69) is 61.6 Å². The molecule has 1 aliphatic rings. The Hall–Kier alpha value is -0.180. The maximum Gasteiger partial charge on any atom is 0.163 e. The van der Waals surface area contributed by atoms with Crippen LogP contribution < -0.4 is 0 Å². The van der Waals surface area contributed by atoms with Crippen molar-refractivity contribution in [1.29, 1.82) is 0 Å². The summed E-state index contributed by atoms with van der Waals surface area (Å²) in [6, 6.07) is 0. The van der Waals surface area contributed by atoms with Gasteiger partial charge in [0.15, 0.2) is 5.79 Å². The van der Waals surface area contributed by atoms with Crippen molar-refractivity contribution in [1.82, 2.24) is 0 Å². The maximum atomic E-state index is 12.9. The van der Waals surface area contributed by atoms with E-state index in [0.29, 0.717) is 64.2 Å². The highest BCUT2D eigenvalue weighted by Crippen LogP contribution is 2.41. The fourth-order valence-electron chi connectivity index (χ4n) is 5.22. The zero-order chi connectivity index (χ0) is 30.5. The smallest absolute Gasteiger partial charge is 0.163 e. The van der Waals surface area contributed by atoms with Gasteiger partial charge in [0.05, 0.1) is 39.6 Å². The molecule has 0 amide bonds. The van der Waals surface area contributed by atoms with Crippen LogP contribution in [0.4, 0.5) is 0 Å². The third-order valence-corrected chi connectivity index (χ3v) is 9.45. The molecule has 0 saturated carbocycles. The van der Waals surface area contributed by atoms with E-state index in [4.69, 9.17) is 23.7 Å². The minimum atomic E-state index is -0.535. The second-order valence-electron chi connectivity index (χ2n) is 14.2. The Labute approximate surface area is 251 Å². The number of carbonyl (C=O) groups excluding carboxylic acids is 1. The van der Waals surface area contributed by atoms with Crippen LogP contribution in [0.3, 0.4) is 0 Å². The molecule has 0 N–H and O–H groups in total. The number of carbonyl (C=O) groups is 1. The average molecular weight is 589 g/mol. The van der Waals surface area contributed by atoms with Gasteiger partial charge in [-0.3, -0.25) is 4.79 Å². The molecule has 1 aliphatic heterocycles. The van der Waals surface area contributed by atoms with Crippen molar-refractivity contribution >= 4 is 17.5 Å². The van der Waals surface area contributed by atoms with Crippen LogP contribution >= 0.6 is 11.8 Å². The van der Waals surface area contributed by atoms with Crippen LogP contribution in [0.1, 0.15) is 121 Å². The maximum absolute atomic E-state index is 12.9. The standard InChI is InChI=1S/C33H64O6S/c1-12-30(4,5)25-33(10,13-2)18-28(34)17-15-14-16-27(22-36-23-29-24-37-31(6,7)39-29)21-35-19-26(3)20-38-32(8,9)40-11/h26-27,29H,12-25H2,1-11H3. The molecular weight excluding hydrogens is 524 g/mol. The Morgan fingerprint density at radius 2 is 1.68 bits per heavy atom. The topological polar surface area (TPSA) is 63.2 Å². The van der Waals surface area contributed by atoms with Crippen LogP contribution in [0, 0.1) is 22.7 Å². The van der Waals surface area contributed by atoms with Crippen LogP contribution in [0.25, 0.3) is 0 Å². The summed E-state index contributed by atoms with van der Waals surface area (Å²) in [7, 11) is 0. The van der Waals surface area contributed by atoms with Gasteiger partial charge in [0, 0.05) is 24.7 Å². The molecule has 4 unspecified atom stereocenters. The van der Waals surface area contributed by atoms with Gasteiger partial charge in [-0.25, -0.2) is 0 Å². The summed E-state index contributed by atoms with van der Waals surface area (Å²) in [5.74, 6) is 0.477. The third kappa shape index (κ3) is 16.5. The van der Waals surface area contributed by atoms with Gasteiger partial charge < -0.3 is 23.7 Å². The fourth-order valence-corrected chi connectivity index (χ4v) is 5.41. The first-order valence-electron chi connectivity index (χ1n) is 15.7. The summed E-state index contributed by atoms with van der Waals surface area (Å²) < 4.78 is 29.8. The molecule has 0 aromatic heterocycles. The SMILES string of the molecule is CCC(C)(C)CC(C)(CC)CC(=O)CCCCC(COCC(C)COC(C)(C)SC)COCC1COC(C)(C)O1. The van der Waals surface area contributed by atoms with Crippen molar-refractivity contribution < 1.29 is 28.5 Å². The second kappa shape index (κ2) is 17.8. The molecule has 6 nitrogen and oxygen atoms in total. The number of ether oxygens (including phenoxy) is 5. The molecule has 0 spiro atoms. The molecule has 1 fully saturated rings. The average Bonchev–Trinajstić information content (AvgIpc) is 3.22. The van der Waals surface area contributed by atoms with Crippen molar-refractivity contribution in [2.24, 2.45) is 22.7 Å². The molecule has 7 heteroatoms. The highest BCUT2D eigenvalue weighted by Gasteiger charge is 2.33. The number of ketones is 1. The predicted octanol–water partition coefficient (Wildman–Crippen LogP) is 8.30. The Balaban J connectivity index is 2.51. The molecule has 1 saturated heterocycles. The van der Waals surface area contributed by atoms with Gasteiger partial charge in [-0.15, -0.1) is 11.8 Å². The van der Waals surface area contributed by atoms with Gasteiger partial charge in [-0.05, 0) is 64.0 Å². The Morgan fingerprint density at radius 3 is 2.25 bits per heavy atom. The Bertz CT molecular complexity index is 709. The van der Waals surface area contributed by atoms with E-state index in [1.807, 2.05) is 13.8 Å². The van der Waals surface area contributed by atoms with Crippen LogP contribution in [0.5, 0.6) is 0 Å². The summed E-state index contributed by atoms with van der Waals surface area (Å²) in [6.45, 7) is 25.3. The normalized spacial score (nSPS) is 20.8. The molecular formula is C33H64O6S. The van der Waals surface area contributed by atoms with Crippen LogP contribution in [-0.2, 0) is 28.5 Å². The predicted molar refractivity (Wildman–Crippen MR) is 168 cm³/mol. The molecule has 1 heterocycles. The molecule has 238 valence electrons. The fraction of sp³-hybridized carbons (Fsp3) is 0.970. The molecule has 0 bridgehead atoms. The van der Waals surface area contributed by atoms with E-state index in [9.17, 15) is 4.79 Å². The van der Waals surface area contributed by atoms with E-state index < -0.39 is 5.79 Å². The summed E-state index contributed by atoms with van der Waals surface area (Å²) in [6.07, 6.45) is 9.59. The van der Waals surface area contributed by atoms with Crippen molar-refractivity contribution in [3.63, 3.8) is 0 Å². The monoisotopic (exact) mass is 588 g/mol. The van der Waals surface area contributed by atoms with Crippen LogP contribution in [0.2, 0.25) is 0 Å². The summed E-state index contributed by atoms with van der Waals surface area (Å²) in [5, 5.41) is 0. The largest absolute Gasteiger partial charge is 0.381 e. The van der Waals surface area contributed by atoms with Crippen molar-refractivity contribution in [2.45, 2.75) is 137 Å². The lowest BCUT2D eigenvalue weighted by Crippen LogP contribution is -2.27. The van der Waals surface area contributed by atoms with Crippen molar-refractivity contribution in [3.8, 4) is 0 Å². The van der Waals surface area contributed by atoms with E-state index in [1.54, 1.807) is 11.8 Å². The number of Topliss-reactive ketones (excluding diaryl/α,β-unsaturated/α-hetero) is 1. The van der Waals surface area contributed by atoms with E-state index >= 15 is 0 Å². The highest BCUT2D eigenvalue weighted by molar-refractivity contribution is 7.99. The number of unbranched alkanes of at least 4 members (excludes halogenated alkanes) is 1. The third-order valence-electron chi connectivity index (χ3n) is 8.35. The van der Waals surface area contributed by atoms with Crippen molar-refractivity contribution in [2.75, 3.05) is 45.9 Å². The lowest BCUT2D eigenvalue weighted by atomic mass is 9.69. The van der Waals surface area contributed by atoms with Gasteiger partial charge in [0.1, 0.15) is 16.8 Å². The van der Waals surface area contributed by atoms with Crippen LogP contribution in [-0.4, -0.2) is 68.5 Å². The number of thioether (sulfide) groups is 1. The minimum absolute atomic E-state index is 0.0308. The van der Waals surface area contributed by atoms with E-state index in [1.165, 1.54) is 0 Å². The molecule has 4 atom stereocenters. The zero-order valence-corrected chi connectivity index (χ0v) is 28.8. The van der Waals surface area contributed by atoms with Crippen LogP contribution in [0.15, 0.2) is 0 Å². The summed E-state index contributed by atoms with van der Waals surface area (Å²) >= 11 is 1.71. The molecule has 0 aromatic rings. The van der Waals surface area contributed by atoms with Gasteiger partial charge >= 0.3 is 0 Å². The number of hydrogen-bond acceptors (Lipinski definition) is 7. The summed E-state index contributed by atoms with van der Waals surface area (Å²) in [5.41, 5.74) is 0.366. The van der Waals surface area contributed by atoms with E-state index in [-0.39, 0.29) is 27.8 Å². The number of hydrogen-bond donors (Lipinski definition) is 0. The highest BCUT2D eigenvalue weighted by atomic mass is 32.2. The van der Waals surface area contributed by atoms with Gasteiger partial charge in [0.25, 0.3) is 0 Å². The first kappa shape index (κ1) is 37.8. The molecule has 0 aliphatic carbocycles. The lowest BCUT2D eigenvalue weighted by Gasteiger charge is -2.36. The first-order chi connectivity index (χ1) is 18.5. The van der Waals surface area contributed by atoms with Gasteiger partial charge in [-0.1, -0.05) is 60.8 Å². The molecule has 40 heavy (non-hydrogen) atoms. The van der Waals surface area contributed by atoms with Gasteiger partial charge in [0.2, 0.25) is 0 Å². The zero-order valence-electron chi connectivity index (χ0n) is 28.0. The quantitative estimate of drug-likeness (QED) is 0.0879.